The van der Waals surface area contributed by atoms with Crippen molar-refractivity contribution in [2.45, 2.75) is 71.0 Å². The minimum atomic E-state index is 0.129. The number of thiol groups is 1. The molecule has 0 saturated carbocycles. The molecular weight excluding hydrogens is 264 g/mol. The molecule has 0 radical (unpaired) electrons. The van der Waals surface area contributed by atoms with Gasteiger partial charge in [0, 0.05) is 5.25 Å². The normalized spacial score (nSPS) is 14.2. The third-order valence-electron chi connectivity index (χ3n) is 3.55. The van der Waals surface area contributed by atoms with Gasteiger partial charge in [0.1, 0.15) is 5.75 Å². The molecule has 0 saturated heterocycles. The van der Waals surface area contributed by atoms with Crippen LogP contribution in [0.15, 0.2) is 18.2 Å². The maximum atomic E-state index is 5.95. The summed E-state index contributed by atoms with van der Waals surface area (Å²) >= 11 is 4.50. The lowest BCUT2D eigenvalue weighted by Gasteiger charge is -2.26. The van der Waals surface area contributed by atoms with Gasteiger partial charge in [-0.25, -0.2) is 0 Å². The van der Waals surface area contributed by atoms with Crippen LogP contribution in [0, 0.1) is 0 Å². The average Bonchev–Trinajstić information content (AvgIpc) is 2.33. The topological polar surface area (TPSA) is 9.23 Å². The van der Waals surface area contributed by atoms with Crippen molar-refractivity contribution in [1.29, 1.82) is 0 Å². The third kappa shape index (κ3) is 5.05. The number of ether oxygens (including phenoxy) is 1. The monoisotopic (exact) mass is 294 g/mol. The van der Waals surface area contributed by atoms with Gasteiger partial charge in [0.05, 0.1) is 6.61 Å². The molecule has 0 heterocycles. The van der Waals surface area contributed by atoms with Crippen LogP contribution in [0.2, 0.25) is 0 Å². The van der Waals surface area contributed by atoms with Crippen LogP contribution >= 0.6 is 12.6 Å². The Hall–Kier alpha value is -0.630. The highest BCUT2D eigenvalue weighted by atomic mass is 32.1. The highest BCUT2D eigenvalue weighted by molar-refractivity contribution is 7.81. The lowest BCUT2D eigenvalue weighted by atomic mass is 9.80. The van der Waals surface area contributed by atoms with E-state index in [0.717, 1.165) is 12.2 Å². The van der Waals surface area contributed by atoms with Gasteiger partial charge in [-0.1, -0.05) is 54.5 Å². The van der Waals surface area contributed by atoms with E-state index in [-0.39, 0.29) is 10.8 Å². The molecule has 1 atom stereocenters. The molecule has 1 unspecified atom stereocenters. The van der Waals surface area contributed by atoms with Crippen molar-refractivity contribution in [3.05, 3.63) is 29.3 Å². The molecule has 0 spiro atoms. The van der Waals surface area contributed by atoms with E-state index >= 15 is 0 Å². The number of hydrogen-bond acceptors (Lipinski definition) is 2. The Kier molecular flexibility index (Phi) is 5.60. The van der Waals surface area contributed by atoms with Gasteiger partial charge in [0.25, 0.3) is 0 Å². The van der Waals surface area contributed by atoms with Gasteiger partial charge in [-0.3, -0.25) is 0 Å². The van der Waals surface area contributed by atoms with Crippen LogP contribution in [0.3, 0.4) is 0 Å². The average molecular weight is 295 g/mol. The lowest BCUT2D eigenvalue weighted by Crippen LogP contribution is -2.17. The van der Waals surface area contributed by atoms with Gasteiger partial charge in [-0.05, 0) is 40.5 Å². The zero-order valence-electron chi connectivity index (χ0n) is 14.1. The minimum Gasteiger partial charge on any atom is -0.492 e. The Labute approximate surface area is 130 Å². The zero-order valence-corrected chi connectivity index (χ0v) is 15.0. The Balaban J connectivity index is 3.11. The van der Waals surface area contributed by atoms with Crippen molar-refractivity contribution in [3.8, 4) is 5.75 Å². The molecule has 0 aliphatic heterocycles. The van der Waals surface area contributed by atoms with E-state index in [1.807, 2.05) is 0 Å². The van der Waals surface area contributed by atoms with E-state index in [9.17, 15) is 0 Å². The first-order valence-corrected chi connectivity index (χ1v) is 8.02. The van der Waals surface area contributed by atoms with Gasteiger partial charge in [-0.15, -0.1) is 0 Å². The first-order chi connectivity index (χ1) is 9.04. The highest BCUT2D eigenvalue weighted by Gasteiger charge is 2.21. The largest absolute Gasteiger partial charge is 0.492 e. The van der Waals surface area contributed by atoms with Crippen LogP contribution in [-0.4, -0.2) is 11.9 Å². The smallest absolute Gasteiger partial charge is 0.119 e. The van der Waals surface area contributed by atoms with Crippen molar-refractivity contribution in [3.63, 3.8) is 0 Å². The Morgan fingerprint density at radius 2 is 1.40 bits per heavy atom. The van der Waals surface area contributed by atoms with Gasteiger partial charge < -0.3 is 4.74 Å². The van der Waals surface area contributed by atoms with Crippen LogP contribution in [0.4, 0.5) is 0 Å². The maximum absolute atomic E-state index is 5.95. The predicted molar refractivity (Wildman–Crippen MR) is 92.4 cm³/mol. The summed E-state index contributed by atoms with van der Waals surface area (Å²) in [6, 6.07) is 6.65. The van der Waals surface area contributed by atoms with Gasteiger partial charge in [0.15, 0.2) is 0 Å². The molecule has 0 aromatic heterocycles. The quantitative estimate of drug-likeness (QED) is 0.735. The SMILES string of the molecule is CCC(S)COc1cc(C(C)(C)C)cc(C(C)(C)C)c1. The summed E-state index contributed by atoms with van der Waals surface area (Å²) in [4.78, 5) is 0. The number of benzene rings is 1. The maximum Gasteiger partial charge on any atom is 0.119 e. The number of rotatable bonds is 4. The van der Waals surface area contributed by atoms with Crippen LogP contribution in [0.25, 0.3) is 0 Å². The van der Waals surface area contributed by atoms with Crippen molar-refractivity contribution < 1.29 is 4.74 Å². The van der Waals surface area contributed by atoms with Gasteiger partial charge in [-0.2, -0.15) is 12.6 Å². The zero-order chi connectivity index (χ0) is 15.6. The molecule has 0 N–H and O–H groups in total. The van der Waals surface area contributed by atoms with E-state index < -0.39 is 0 Å². The van der Waals surface area contributed by atoms with Crippen molar-refractivity contribution in [2.75, 3.05) is 6.61 Å². The van der Waals surface area contributed by atoms with Crippen molar-refractivity contribution in [1.82, 2.24) is 0 Å². The molecule has 0 bridgehead atoms. The first kappa shape index (κ1) is 17.4. The second-order valence-electron chi connectivity index (χ2n) is 7.62. The molecule has 1 rings (SSSR count). The second kappa shape index (κ2) is 6.43. The summed E-state index contributed by atoms with van der Waals surface area (Å²) in [6.07, 6.45) is 1.02. The van der Waals surface area contributed by atoms with Crippen molar-refractivity contribution in [2.24, 2.45) is 0 Å². The van der Waals surface area contributed by atoms with Crippen LogP contribution in [0.1, 0.15) is 66.0 Å². The van der Waals surface area contributed by atoms with E-state index in [4.69, 9.17) is 4.74 Å². The van der Waals surface area contributed by atoms with E-state index in [1.54, 1.807) is 0 Å². The fourth-order valence-electron chi connectivity index (χ4n) is 1.86. The van der Waals surface area contributed by atoms with E-state index in [2.05, 4.69) is 79.3 Å². The lowest BCUT2D eigenvalue weighted by molar-refractivity contribution is 0.313. The Morgan fingerprint density at radius 3 is 1.75 bits per heavy atom. The molecule has 2 heteroatoms. The molecule has 20 heavy (non-hydrogen) atoms. The molecule has 114 valence electrons. The van der Waals surface area contributed by atoms with Crippen molar-refractivity contribution >= 4 is 12.6 Å². The fourth-order valence-corrected chi connectivity index (χ4v) is 1.93. The standard InChI is InChI=1S/C18H30OS/c1-8-16(20)12-19-15-10-13(17(2,3)4)9-14(11-15)18(5,6)7/h9-11,16,20H,8,12H2,1-7H3. The summed E-state index contributed by atoms with van der Waals surface area (Å²) < 4.78 is 5.95. The molecule has 0 aliphatic rings. The summed E-state index contributed by atoms with van der Waals surface area (Å²) in [6.45, 7) is 16.2. The predicted octanol–water partition coefficient (Wildman–Crippen LogP) is 5.37. The fraction of sp³-hybridized carbons (Fsp3) is 0.667. The van der Waals surface area contributed by atoms with E-state index in [0.29, 0.717) is 11.9 Å². The third-order valence-corrected chi connectivity index (χ3v) is 4.07. The summed E-state index contributed by atoms with van der Waals surface area (Å²) in [5.41, 5.74) is 2.91. The molecule has 0 amide bonds. The molecule has 0 aliphatic carbocycles. The Bertz CT molecular complexity index is 405. The van der Waals surface area contributed by atoms with Crippen LogP contribution < -0.4 is 4.74 Å². The number of hydrogen-bond donors (Lipinski definition) is 1. The van der Waals surface area contributed by atoms with E-state index in [1.165, 1.54) is 11.1 Å². The van der Waals surface area contributed by atoms with Gasteiger partial charge >= 0.3 is 0 Å². The van der Waals surface area contributed by atoms with Gasteiger partial charge in [0.2, 0.25) is 0 Å². The first-order valence-electron chi connectivity index (χ1n) is 7.51. The molecule has 1 aromatic carbocycles. The molecule has 0 fully saturated rings. The minimum absolute atomic E-state index is 0.129. The summed E-state index contributed by atoms with van der Waals surface area (Å²) in [5, 5.41) is 0.298. The second-order valence-corrected chi connectivity index (χ2v) is 8.35. The van der Waals surface area contributed by atoms with Crippen LogP contribution in [0.5, 0.6) is 5.75 Å². The Morgan fingerprint density at radius 1 is 0.950 bits per heavy atom. The molecule has 1 aromatic rings. The summed E-state index contributed by atoms with van der Waals surface area (Å²) in [5.74, 6) is 0.967. The molecule has 1 nitrogen and oxygen atoms in total. The summed E-state index contributed by atoms with van der Waals surface area (Å²) in [7, 11) is 0. The van der Waals surface area contributed by atoms with Crippen LogP contribution in [-0.2, 0) is 10.8 Å². The molecular formula is C18H30OS. The highest BCUT2D eigenvalue weighted by Crippen LogP contribution is 2.33.